The zero-order valence-electron chi connectivity index (χ0n) is 11.6. The normalized spacial score (nSPS) is 12.8. The highest BCUT2D eigenvalue weighted by molar-refractivity contribution is 5.97. The minimum atomic E-state index is -0.552. The maximum absolute atomic E-state index is 11.6. The number of nitrogens with zero attached hydrogens (tertiary/aromatic N) is 2. The Morgan fingerprint density at radius 1 is 1.43 bits per heavy atom. The Bertz CT molecular complexity index is 613. The Morgan fingerprint density at radius 3 is 2.71 bits per heavy atom. The van der Waals surface area contributed by atoms with Gasteiger partial charge >= 0.3 is 5.97 Å². The van der Waals surface area contributed by atoms with E-state index in [1.165, 1.54) is 31.1 Å². The van der Waals surface area contributed by atoms with Crippen molar-refractivity contribution in [2.45, 2.75) is 13.3 Å². The van der Waals surface area contributed by atoms with Gasteiger partial charge in [-0.25, -0.2) is 4.79 Å². The fourth-order valence-corrected chi connectivity index (χ4v) is 2.28. The molecule has 1 aromatic carbocycles. The number of ether oxygens (including phenoxy) is 2. The summed E-state index contributed by atoms with van der Waals surface area (Å²) in [6.45, 7) is 1.41. The molecule has 0 aromatic heterocycles. The van der Waals surface area contributed by atoms with Crippen LogP contribution in [-0.2, 0) is 20.7 Å². The monoisotopic (exact) mass is 294 g/mol. The summed E-state index contributed by atoms with van der Waals surface area (Å²) in [7, 11) is 1.24. The van der Waals surface area contributed by atoms with Crippen LogP contribution in [0.1, 0.15) is 12.5 Å². The molecular formula is C13H14N2O6. The van der Waals surface area contributed by atoms with Crippen molar-refractivity contribution in [3.05, 3.63) is 27.8 Å². The van der Waals surface area contributed by atoms with Crippen molar-refractivity contribution in [2.24, 2.45) is 0 Å². The summed E-state index contributed by atoms with van der Waals surface area (Å²) in [6, 6.07) is 2.70. The van der Waals surface area contributed by atoms with Crippen LogP contribution in [0.5, 0.6) is 5.75 Å². The average molecular weight is 294 g/mol. The van der Waals surface area contributed by atoms with Crippen molar-refractivity contribution in [2.75, 3.05) is 25.2 Å². The lowest BCUT2D eigenvalue weighted by atomic mass is 10.1. The molecule has 0 radical (unpaired) electrons. The summed E-state index contributed by atoms with van der Waals surface area (Å²) in [5.74, 6) is -0.477. The molecular weight excluding hydrogens is 280 g/mol. The number of methoxy groups -OCH3 is 1. The number of hydrogen-bond donors (Lipinski definition) is 0. The fraction of sp³-hybridized carbons (Fsp3) is 0.385. The molecule has 0 bridgehead atoms. The van der Waals surface area contributed by atoms with Gasteiger partial charge in [0, 0.05) is 25.1 Å². The van der Waals surface area contributed by atoms with Crippen molar-refractivity contribution in [1.29, 1.82) is 0 Å². The molecule has 21 heavy (non-hydrogen) atoms. The van der Waals surface area contributed by atoms with Crippen LogP contribution in [0, 0.1) is 10.1 Å². The van der Waals surface area contributed by atoms with Crippen LogP contribution in [-0.4, -0.2) is 37.1 Å². The molecule has 0 saturated carbocycles. The topological polar surface area (TPSA) is 99.0 Å². The first kappa shape index (κ1) is 14.8. The summed E-state index contributed by atoms with van der Waals surface area (Å²) in [5, 5.41) is 11.1. The summed E-state index contributed by atoms with van der Waals surface area (Å²) in [6.07, 6.45) is 0.438. The summed E-state index contributed by atoms with van der Waals surface area (Å²) >= 11 is 0. The van der Waals surface area contributed by atoms with Gasteiger partial charge in [0.15, 0.2) is 6.61 Å². The Morgan fingerprint density at radius 2 is 2.14 bits per heavy atom. The highest BCUT2D eigenvalue weighted by atomic mass is 16.6. The van der Waals surface area contributed by atoms with Gasteiger partial charge in [0.25, 0.3) is 5.69 Å². The molecule has 0 saturated heterocycles. The van der Waals surface area contributed by atoms with Crippen LogP contribution >= 0.6 is 0 Å². The molecule has 0 atom stereocenters. The SMILES string of the molecule is COC(=O)COc1ccc([N+](=O)[O-])c2c1CCN2C(C)=O. The summed E-state index contributed by atoms with van der Waals surface area (Å²) in [5.41, 5.74) is 0.654. The number of rotatable bonds is 4. The van der Waals surface area contributed by atoms with E-state index >= 15 is 0 Å². The van der Waals surface area contributed by atoms with Crippen molar-refractivity contribution in [3.63, 3.8) is 0 Å². The fourth-order valence-electron chi connectivity index (χ4n) is 2.28. The number of nitro benzene ring substituents is 1. The van der Waals surface area contributed by atoms with E-state index in [4.69, 9.17) is 4.74 Å². The molecule has 0 fully saturated rings. The van der Waals surface area contributed by atoms with Gasteiger partial charge in [-0.15, -0.1) is 0 Å². The summed E-state index contributed by atoms with van der Waals surface area (Å²) in [4.78, 5) is 34.6. The standard InChI is InChI=1S/C13H14N2O6/c1-8(16)14-6-5-9-11(21-7-12(17)20-2)4-3-10(13(9)14)15(18)19/h3-4H,5-7H2,1-2H3. The minimum Gasteiger partial charge on any atom is -0.482 e. The van der Waals surface area contributed by atoms with Gasteiger partial charge in [-0.2, -0.15) is 0 Å². The third kappa shape index (κ3) is 2.78. The number of nitro groups is 1. The third-order valence-corrected chi connectivity index (χ3v) is 3.22. The van der Waals surface area contributed by atoms with Crippen LogP contribution in [0.3, 0.4) is 0 Å². The number of esters is 1. The molecule has 112 valence electrons. The minimum absolute atomic E-state index is 0.150. The molecule has 1 aromatic rings. The zero-order chi connectivity index (χ0) is 15.6. The van der Waals surface area contributed by atoms with E-state index in [2.05, 4.69) is 4.74 Å². The lowest BCUT2D eigenvalue weighted by Crippen LogP contribution is -2.26. The lowest BCUT2D eigenvalue weighted by Gasteiger charge is -2.15. The number of carbonyl (C=O) groups excluding carboxylic acids is 2. The van der Waals surface area contributed by atoms with Crippen molar-refractivity contribution in [3.8, 4) is 5.75 Å². The Hall–Kier alpha value is -2.64. The van der Waals surface area contributed by atoms with Crippen molar-refractivity contribution >= 4 is 23.3 Å². The van der Waals surface area contributed by atoms with Crippen LogP contribution in [0.2, 0.25) is 0 Å². The molecule has 0 N–H and O–H groups in total. The predicted molar refractivity (Wildman–Crippen MR) is 72.3 cm³/mol. The van der Waals surface area contributed by atoms with Gasteiger partial charge in [-0.3, -0.25) is 14.9 Å². The van der Waals surface area contributed by atoms with Gasteiger partial charge in [0.1, 0.15) is 11.4 Å². The summed E-state index contributed by atoms with van der Waals surface area (Å²) < 4.78 is 9.81. The first-order chi connectivity index (χ1) is 9.95. The molecule has 8 heteroatoms. The number of amides is 1. The average Bonchev–Trinajstić information content (AvgIpc) is 2.89. The molecule has 0 aliphatic carbocycles. The highest BCUT2D eigenvalue weighted by Crippen LogP contribution is 2.42. The Kier molecular flexibility index (Phi) is 4.06. The van der Waals surface area contributed by atoms with Crippen LogP contribution in [0.25, 0.3) is 0 Å². The zero-order valence-corrected chi connectivity index (χ0v) is 11.6. The van der Waals surface area contributed by atoms with E-state index in [-0.39, 0.29) is 23.9 Å². The highest BCUT2D eigenvalue weighted by Gasteiger charge is 2.33. The molecule has 1 aliphatic rings. The van der Waals surface area contributed by atoms with Crippen molar-refractivity contribution in [1.82, 2.24) is 0 Å². The van der Waals surface area contributed by atoms with Gasteiger partial charge < -0.3 is 14.4 Å². The van der Waals surface area contributed by atoms with Gasteiger partial charge in [0.05, 0.1) is 12.0 Å². The number of benzene rings is 1. The Balaban J connectivity index is 2.41. The second kappa shape index (κ2) is 5.78. The smallest absolute Gasteiger partial charge is 0.343 e. The van der Waals surface area contributed by atoms with E-state index in [0.29, 0.717) is 24.3 Å². The molecule has 1 amide bonds. The lowest BCUT2D eigenvalue weighted by molar-refractivity contribution is -0.384. The van der Waals surface area contributed by atoms with Crippen LogP contribution < -0.4 is 9.64 Å². The van der Waals surface area contributed by atoms with E-state index < -0.39 is 10.9 Å². The quantitative estimate of drug-likeness (QED) is 0.467. The largest absolute Gasteiger partial charge is 0.482 e. The van der Waals surface area contributed by atoms with E-state index in [0.717, 1.165) is 0 Å². The second-order valence-electron chi connectivity index (χ2n) is 4.45. The number of anilines is 1. The molecule has 0 unspecified atom stereocenters. The third-order valence-electron chi connectivity index (χ3n) is 3.22. The Labute approximate surface area is 120 Å². The molecule has 1 aliphatic heterocycles. The number of carbonyl (C=O) groups is 2. The van der Waals surface area contributed by atoms with Gasteiger partial charge in [-0.1, -0.05) is 0 Å². The molecule has 1 heterocycles. The van der Waals surface area contributed by atoms with Gasteiger partial charge in [0.2, 0.25) is 5.91 Å². The molecule has 8 nitrogen and oxygen atoms in total. The molecule has 0 spiro atoms. The van der Waals surface area contributed by atoms with E-state index in [9.17, 15) is 19.7 Å². The predicted octanol–water partition coefficient (Wildman–Crippen LogP) is 1.06. The molecule has 2 rings (SSSR count). The maximum atomic E-state index is 11.6. The number of hydrogen-bond acceptors (Lipinski definition) is 6. The maximum Gasteiger partial charge on any atom is 0.343 e. The van der Waals surface area contributed by atoms with Crippen molar-refractivity contribution < 1.29 is 24.0 Å². The second-order valence-corrected chi connectivity index (χ2v) is 4.45. The van der Waals surface area contributed by atoms with E-state index in [1.807, 2.05) is 0 Å². The first-order valence-electron chi connectivity index (χ1n) is 6.23. The first-order valence-corrected chi connectivity index (χ1v) is 6.23. The van der Waals surface area contributed by atoms with Gasteiger partial charge in [-0.05, 0) is 12.5 Å². The van der Waals surface area contributed by atoms with E-state index in [1.54, 1.807) is 0 Å². The number of fused-ring (bicyclic) bond motifs is 1. The van der Waals surface area contributed by atoms with Crippen LogP contribution in [0.15, 0.2) is 12.1 Å². The van der Waals surface area contributed by atoms with Crippen LogP contribution in [0.4, 0.5) is 11.4 Å².